The number of ether oxygens (including phenoxy) is 1. The van der Waals surface area contributed by atoms with Crippen LogP contribution in [0.5, 0.6) is 5.75 Å². The largest absolute Gasteiger partial charge is 0.496 e. The Morgan fingerprint density at radius 3 is 2.59 bits per heavy atom. The average Bonchev–Trinajstić information content (AvgIpc) is 2.29. The maximum atomic E-state index is 13.2. The van der Waals surface area contributed by atoms with E-state index in [1.54, 1.807) is 13.2 Å². The molecule has 0 heterocycles. The molecule has 0 spiro atoms. The molecule has 3 nitrogen and oxygen atoms in total. The number of benzene rings is 1. The minimum atomic E-state index is -0.250. The van der Waals surface area contributed by atoms with Crippen LogP contribution < -0.4 is 10.5 Å². The molecular weight excluding hydrogens is 219 g/mol. The lowest BCUT2D eigenvalue weighted by Gasteiger charge is -2.34. The summed E-state index contributed by atoms with van der Waals surface area (Å²) in [6.07, 6.45) is 0. The summed E-state index contributed by atoms with van der Waals surface area (Å²) in [4.78, 5) is 2.09. The molecule has 0 aliphatic carbocycles. The summed E-state index contributed by atoms with van der Waals surface area (Å²) in [5.74, 6) is 0.450. The van der Waals surface area contributed by atoms with Gasteiger partial charge in [0.25, 0.3) is 0 Å². The zero-order valence-corrected chi connectivity index (χ0v) is 11.0. The lowest BCUT2D eigenvalue weighted by molar-refractivity contribution is 0.154. The van der Waals surface area contributed by atoms with E-state index in [0.717, 1.165) is 5.56 Å². The Labute approximate surface area is 102 Å². The normalized spacial score (nSPS) is 11.9. The second kappa shape index (κ2) is 5.47. The fourth-order valence-corrected chi connectivity index (χ4v) is 1.50. The number of hydrogen-bond acceptors (Lipinski definition) is 3. The van der Waals surface area contributed by atoms with Crippen molar-refractivity contribution in [2.24, 2.45) is 5.73 Å². The second-order valence-electron chi connectivity index (χ2n) is 4.83. The van der Waals surface area contributed by atoms with Crippen LogP contribution in [0.3, 0.4) is 0 Å². The molecule has 17 heavy (non-hydrogen) atoms. The summed E-state index contributed by atoms with van der Waals surface area (Å²) in [7, 11) is 3.56. The van der Waals surface area contributed by atoms with Crippen LogP contribution in [-0.4, -0.2) is 31.1 Å². The molecule has 0 saturated heterocycles. The number of hydrogen-bond donors (Lipinski definition) is 1. The first-order chi connectivity index (χ1) is 7.90. The second-order valence-corrected chi connectivity index (χ2v) is 4.83. The molecule has 1 aromatic rings. The maximum absolute atomic E-state index is 13.2. The third kappa shape index (κ3) is 3.41. The van der Waals surface area contributed by atoms with Gasteiger partial charge in [-0.25, -0.2) is 4.39 Å². The Balaban J connectivity index is 2.91. The molecule has 0 atom stereocenters. The van der Waals surface area contributed by atoms with Crippen LogP contribution in [0, 0.1) is 5.82 Å². The number of halogens is 1. The summed E-state index contributed by atoms with van der Waals surface area (Å²) >= 11 is 0. The highest BCUT2D eigenvalue weighted by atomic mass is 19.1. The van der Waals surface area contributed by atoms with Crippen molar-refractivity contribution in [1.29, 1.82) is 0 Å². The quantitative estimate of drug-likeness (QED) is 0.855. The Morgan fingerprint density at radius 1 is 1.41 bits per heavy atom. The Bertz CT molecular complexity index is 380. The molecule has 0 bridgehead atoms. The first-order valence-corrected chi connectivity index (χ1v) is 5.64. The van der Waals surface area contributed by atoms with Crippen molar-refractivity contribution in [2.75, 3.05) is 20.7 Å². The van der Waals surface area contributed by atoms with Gasteiger partial charge < -0.3 is 10.5 Å². The highest BCUT2D eigenvalue weighted by molar-refractivity contribution is 5.33. The molecule has 0 amide bonds. The van der Waals surface area contributed by atoms with Gasteiger partial charge in [0.1, 0.15) is 11.6 Å². The number of nitrogens with zero attached hydrogens (tertiary/aromatic N) is 1. The molecule has 1 aromatic carbocycles. The molecular formula is C13H21FN2O. The summed E-state index contributed by atoms with van der Waals surface area (Å²) in [5, 5.41) is 0. The van der Waals surface area contributed by atoms with E-state index < -0.39 is 0 Å². The van der Waals surface area contributed by atoms with Gasteiger partial charge in [0, 0.05) is 24.2 Å². The van der Waals surface area contributed by atoms with Gasteiger partial charge in [0.15, 0.2) is 0 Å². The minimum absolute atomic E-state index is 0.128. The highest BCUT2D eigenvalue weighted by Gasteiger charge is 2.22. The minimum Gasteiger partial charge on any atom is -0.496 e. The first kappa shape index (κ1) is 13.9. The van der Waals surface area contributed by atoms with Crippen LogP contribution in [0.2, 0.25) is 0 Å². The number of methoxy groups -OCH3 is 1. The fourth-order valence-electron chi connectivity index (χ4n) is 1.50. The van der Waals surface area contributed by atoms with Crippen LogP contribution in [0.25, 0.3) is 0 Å². The van der Waals surface area contributed by atoms with Crippen LogP contribution in [0.4, 0.5) is 4.39 Å². The SMILES string of the molecule is COc1ccc(F)cc1CN(C)C(C)(C)CN. The molecule has 1 rings (SSSR count). The zero-order chi connectivity index (χ0) is 13.1. The standard InChI is InChI=1S/C13H21FN2O/c1-13(2,9-15)16(3)8-10-7-11(14)5-6-12(10)17-4/h5-7H,8-9,15H2,1-4H3. The van der Waals surface area contributed by atoms with Gasteiger partial charge in [-0.3, -0.25) is 4.90 Å². The predicted molar refractivity (Wildman–Crippen MR) is 67.6 cm³/mol. The van der Waals surface area contributed by atoms with Crippen molar-refractivity contribution < 1.29 is 9.13 Å². The van der Waals surface area contributed by atoms with Crippen molar-refractivity contribution in [3.63, 3.8) is 0 Å². The summed E-state index contributed by atoms with van der Waals surface area (Å²) in [6.45, 7) is 5.25. The van der Waals surface area contributed by atoms with Gasteiger partial charge >= 0.3 is 0 Å². The smallest absolute Gasteiger partial charge is 0.123 e. The lowest BCUT2D eigenvalue weighted by Crippen LogP contribution is -2.46. The van der Waals surface area contributed by atoms with E-state index in [2.05, 4.69) is 18.7 Å². The molecule has 2 N–H and O–H groups in total. The Morgan fingerprint density at radius 2 is 2.06 bits per heavy atom. The zero-order valence-electron chi connectivity index (χ0n) is 11.0. The fraction of sp³-hybridized carbons (Fsp3) is 0.538. The third-order valence-corrected chi connectivity index (χ3v) is 3.18. The van der Waals surface area contributed by atoms with E-state index >= 15 is 0 Å². The molecule has 0 saturated carbocycles. The van der Waals surface area contributed by atoms with Crippen molar-refractivity contribution in [2.45, 2.75) is 25.9 Å². The molecule has 0 radical (unpaired) electrons. The van der Waals surface area contributed by atoms with Crippen LogP contribution in [0.1, 0.15) is 19.4 Å². The van der Waals surface area contributed by atoms with Crippen molar-refractivity contribution in [3.05, 3.63) is 29.6 Å². The maximum Gasteiger partial charge on any atom is 0.123 e. The summed E-state index contributed by atoms with van der Waals surface area (Å²) in [6, 6.07) is 4.55. The van der Waals surface area contributed by atoms with Gasteiger partial charge in [0.2, 0.25) is 0 Å². The van der Waals surface area contributed by atoms with Gasteiger partial charge in [-0.2, -0.15) is 0 Å². The number of likely N-dealkylation sites (N-methyl/N-ethyl adjacent to an activating group) is 1. The molecule has 4 heteroatoms. The van der Waals surface area contributed by atoms with E-state index in [4.69, 9.17) is 10.5 Å². The highest BCUT2D eigenvalue weighted by Crippen LogP contribution is 2.23. The average molecular weight is 240 g/mol. The summed E-state index contributed by atoms with van der Waals surface area (Å²) in [5.41, 5.74) is 6.42. The van der Waals surface area contributed by atoms with Gasteiger partial charge in [-0.1, -0.05) is 0 Å². The van der Waals surface area contributed by atoms with Crippen molar-refractivity contribution in [3.8, 4) is 5.75 Å². The molecule has 0 aromatic heterocycles. The monoisotopic (exact) mass is 240 g/mol. The van der Waals surface area contributed by atoms with Crippen molar-refractivity contribution >= 4 is 0 Å². The molecule has 0 unspecified atom stereocenters. The van der Waals surface area contributed by atoms with Crippen LogP contribution in [-0.2, 0) is 6.54 Å². The Hall–Kier alpha value is -1.13. The molecule has 96 valence electrons. The molecule has 0 fully saturated rings. The van der Waals surface area contributed by atoms with E-state index in [0.29, 0.717) is 18.8 Å². The predicted octanol–water partition coefficient (Wildman–Crippen LogP) is 2.00. The van der Waals surface area contributed by atoms with Gasteiger partial charge in [-0.15, -0.1) is 0 Å². The van der Waals surface area contributed by atoms with Gasteiger partial charge in [0.05, 0.1) is 7.11 Å². The van der Waals surface area contributed by atoms with E-state index in [9.17, 15) is 4.39 Å². The van der Waals surface area contributed by atoms with E-state index in [1.165, 1.54) is 12.1 Å². The van der Waals surface area contributed by atoms with Crippen LogP contribution in [0.15, 0.2) is 18.2 Å². The number of rotatable bonds is 5. The third-order valence-electron chi connectivity index (χ3n) is 3.18. The summed E-state index contributed by atoms with van der Waals surface area (Å²) < 4.78 is 18.4. The number of nitrogens with two attached hydrogens (primary N) is 1. The first-order valence-electron chi connectivity index (χ1n) is 5.64. The van der Waals surface area contributed by atoms with Crippen LogP contribution >= 0.6 is 0 Å². The van der Waals surface area contributed by atoms with Gasteiger partial charge in [-0.05, 0) is 39.1 Å². The van der Waals surface area contributed by atoms with Crippen molar-refractivity contribution in [1.82, 2.24) is 4.90 Å². The van der Waals surface area contributed by atoms with E-state index in [-0.39, 0.29) is 11.4 Å². The van der Waals surface area contributed by atoms with E-state index in [1.807, 2.05) is 7.05 Å². The Kier molecular flexibility index (Phi) is 4.48. The molecule has 0 aliphatic heterocycles. The lowest BCUT2D eigenvalue weighted by atomic mass is 10.0. The molecule has 0 aliphatic rings. The topological polar surface area (TPSA) is 38.5 Å².